The molecule has 2 aromatic heterocycles. The van der Waals surface area contributed by atoms with Crippen LogP contribution in [0.2, 0.25) is 0 Å². The Morgan fingerprint density at radius 2 is 1.04 bits per heavy atom. The SMILES string of the molecule is CNC(=O)c1c(-c2ccc(C)cc2)oc2ccc3c(c12)CC1(CC1)COc1ccc2oc(-c4ccc(F)cc4)c(C(=O)NC)c2c1CC1(CC1)CO3. The average molecular weight is 699 g/mol. The normalized spacial score (nSPS) is 17.0. The summed E-state index contributed by atoms with van der Waals surface area (Å²) < 4.78 is 40.4. The molecule has 9 rings (SSSR count). The van der Waals surface area contributed by atoms with E-state index in [4.69, 9.17) is 18.3 Å². The maximum absolute atomic E-state index is 13.9. The van der Waals surface area contributed by atoms with Crippen LogP contribution in [0.25, 0.3) is 44.6 Å². The average Bonchev–Trinajstić information content (AvgIpc) is 4.03. The van der Waals surface area contributed by atoms with Gasteiger partial charge >= 0.3 is 0 Å². The molecule has 2 fully saturated rings. The fraction of sp³-hybridized carbons (Fsp3) is 0.302. The number of rotatable bonds is 4. The summed E-state index contributed by atoms with van der Waals surface area (Å²) in [4.78, 5) is 27.3. The molecular weight excluding hydrogens is 659 g/mol. The molecule has 264 valence electrons. The van der Waals surface area contributed by atoms with Crippen molar-refractivity contribution in [1.82, 2.24) is 10.6 Å². The zero-order valence-electron chi connectivity index (χ0n) is 29.4. The third kappa shape index (κ3) is 5.41. The van der Waals surface area contributed by atoms with Gasteiger partial charge in [-0.15, -0.1) is 0 Å². The lowest BCUT2D eigenvalue weighted by atomic mass is 9.90. The molecule has 4 aromatic carbocycles. The summed E-state index contributed by atoms with van der Waals surface area (Å²) in [6.07, 6.45) is 5.04. The van der Waals surface area contributed by atoms with Gasteiger partial charge in [0.15, 0.2) is 0 Å². The Bertz CT molecular complexity index is 2230. The molecule has 3 aliphatic rings. The summed E-state index contributed by atoms with van der Waals surface area (Å²) in [7, 11) is 3.24. The van der Waals surface area contributed by atoms with Crippen LogP contribution in [0.3, 0.4) is 0 Å². The van der Waals surface area contributed by atoms with Crippen molar-refractivity contribution in [3.8, 4) is 34.1 Å². The smallest absolute Gasteiger partial charge is 0.255 e. The number of halogens is 1. The standard InChI is InChI=1S/C43H39FN2O6/c1-24-4-6-25(7-5-24)38-36(40(47)45-2)34-28-20-42(16-17-42)22-50-31-13-15-33-35(37(41(48)46-3)39(52-33)26-8-10-27(44)11-9-26)29(31)21-43(18-19-43)23-49-30(28)12-14-32(34)51-38/h4-15H,16-23H2,1-3H3,(H,45,47)(H,46,48). The highest BCUT2D eigenvalue weighted by atomic mass is 19.1. The topological polar surface area (TPSA) is 103 Å². The van der Waals surface area contributed by atoms with Gasteiger partial charge in [0.1, 0.15) is 40.0 Å². The molecule has 52 heavy (non-hydrogen) atoms. The Morgan fingerprint density at radius 1 is 0.615 bits per heavy atom. The number of benzene rings is 4. The van der Waals surface area contributed by atoms with Gasteiger partial charge in [0.05, 0.1) is 24.3 Å². The summed E-state index contributed by atoms with van der Waals surface area (Å²) >= 11 is 0. The fourth-order valence-electron chi connectivity index (χ4n) is 7.81. The van der Waals surface area contributed by atoms with Crippen molar-refractivity contribution < 1.29 is 32.3 Å². The van der Waals surface area contributed by atoms with E-state index in [0.29, 0.717) is 70.8 Å². The van der Waals surface area contributed by atoms with E-state index in [9.17, 15) is 14.0 Å². The van der Waals surface area contributed by atoms with Gasteiger partial charge in [0, 0.05) is 58.0 Å². The third-order valence-corrected chi connectivity index (χ3v) is 11.3. The Morgan fingerprint density at radius 3 is 1.44 bits per heavy atom. The van der Waals surface area contributed by atoms with Gasteiger partial charge in [-0.1, -0.05) is 29.8 Å². The molecule has 2 saturated carbocycles. The largest absolute Gasteiger partial charge is 0.493 e. The van der Waals surface area contributed by atoms with Gasteiger partial charge in [-0.05, 0) is 94.0 Å². The molecule has 1 aliphatic heterocycles. The van der Waals surface area contributed by atoms with Gasteiger partial charge in [0.2, 0.25) is 0 Å². The Balaban J connectivity index is 1.18. The minimum Gasteiger partial charge on any atom is -0.493 e. The van der Waals surface area contributed by atoms with Crippen LogP contribution in [0, 0.1) is 23.6 Å². The predicted octanol–water partition coefficient (Wildman–Crippen LogP) is 8.80. The number of amides is 2. The molecule has 2 N–H and O–H groups in total. The first-order chi connectivity index (χ1) is 25.2. The van der Waals surface area contributed by atoms with Gasteiger partial charge in [-0.2, -0.15) is 0 Å². The molecule has 0 atom stereocenters. The molecule has 0 unspecified atom stereocenters. The van der Waals surface area contributed by atoms with Crippen molar-refractivity contribution in [3.05, 3.63) is 106 Å². The maximum atomic E-state index is 13.9. The number of nitrogens with one attached hydrogen (secondary N) is 2. The Hall–Kier alpha value is -5.57. The van der Waals surface area contributed by atoms with Crippen molar-refractivity contribution in [2.24, 2.45) is 10.8 Å². The van der Waals surface area contributed by atoms with E-state index >= 15 is 0 Å². The molecule has 0 bridgehead atoms. The van der Waals surface area contributed by atoms with Crippen LogP contribution < -0.4 is 20.1 Å². The highest BCUT2D eigenvalue weighted by molar-refractivity contribution is 6.13. The third-order valence-electron chi connectivity index (χ3n) is 11.3. The minimum atomic E-state index is -0.365. The fourth-order valence-corrected chi connectivity index (χ4v) is 7.81. The predicted molar refractivity (Wildman–Crippen MR) is 197 cm³/mol. The highest BCUT2D eigenvalue weighted by Gasteiger charge is 2.48. The van der Waals surface area contributed by atoms with Gasteiger partial charge in [-0.3, -0.25) is 9.59 Å². The first-order valence-corrected chi connectivity index (χ1v) is 17.9. The molecule has 2 aliphatic carbocycles. The molecule has 2 amide bonds. The number of carbonyl (C=O) groups is 2. The van der Waals surface area contributed by atoms with Crippen molar-refractivity contribution in [2.75, 3.05) is 27.3 Å². The quantitative estimate of drug-likeness (QED) is 0.191. The molecule has 6 aromatic rings. The lowest BCUT2D eigenvalue weighted by Crippen LogP contribution is -2.23. The first-order valence-electron chi connectivity index (χ1n) is 17.9. The van der Waals surface area contributed by atoms with Crippen molar-refractivity contribution in [3.63, 3.8) is 0 Å². The lowest BCUT2D eigenvalue weighted by Gasteiger charge is -2.25. The van der Waals surface area contributed by atoms with Crippen LogP contribution in [0.4, 0.5) is 4.39 Å². The molecule has 2 spiro atoms. The van der Waals surface area contributed by atoms with E-state index in [-0.39, 0.29) is 28.5 Å². The monoisotopic (exact) mass is 698 g/mol. The molecule has 0 radical (unpaired) electrons. The summed E-state index contributed by atoms with van der Waals surface area (Å²) in [5, 5.41) is 7.15. The Kier molecular flexibility index (Phi) is 7.47. The first kappa shape index (κ1) is 32.3. The van der Waals surface area contributed by atoms with Gasteiger partial charge in [0.25, 0.3) is 11.8 Å². The minimum absolute atomic E-state index is 0.185. The van der Waals surface area contributed by atoms with Crippen LogP contribution in [-0.4, -0.2) is 39.1 Å². The van der Waals surface area contributed by atoms with E-state index in [0.717, 1.165) is 64.8 Å². The van der Waals surface area contributed by atoms with E-state index in [1.165, 1.54) is 12.1 Å². The van der Waals surface area contributed by atoms with E-state index in [2.05, 4.69) is 10.6 Å². The van der Waals surface area contributed by atoms with Gasteiger partial charge < -0.3 is 28.9 Å². The van der Waals surface area contributed by atoms with Crippen LogP contribution >= 0.6 is 0 Å². The van der Waals surface area contributed by atoms with Crippen LogP contribution in [0.15, 0.2) is 81.6 Å². The number of carbonyl (C=O) groups excluding carboxylic acids is 2. The summed E-state index contributed by atoms with van der Waals surface area (Å²) in [6.45, 7) is 2.93. The molecule has 0 saturated heterocycles. The maximum Gasteiger partial charge on any atom is 0.255 e. The lowest BCUT2D eigenvalue weighted by molar-refractivity contribution is 0.0956. The van der Waals surface area contributed by atoms with Crippen molar-refractivity contribution in [1.29, 1.82) is 0 Å². The second-order valence-corrected chi connectivity index (χ2v) is 14.9. The number of aryl methyl sites for hydroxylation is 1. The second-order valence-electron chi connectivity index (χ2n) is 14.9. The summed E-state index contributed by atoms with van der Waals surface area (Å²) in [5.41, 5.74) is 6.22. The Labute approximate surface area is 300 Å². The van der Waals surface area contributed by atoms with E-state index in [1.807, 2.05) is 55.5 Å². The number of fused-ring (bicyclic) bond motifs is 6. The van der Waals surface area contributed by atoms with E-state index < -0.39 is 0 Å². The zero-order chi connectivity index (χ0) is 35.8. The van der Waals surface area contributed by atoms with Crippen LogP contribution in [-0.2, 0) is 12.8 Å². The number of hydrogen-bond acceptors (Lipinski definition) is 6. The molecule has 8 nitrogen and oxygen atoms in total. The summed E-state index contributed by atoms with van der Waals surface area (Å²) in [5.74, 6) is 1.54. The highest BCUT2D eigenvalue weighted by Crippen LogP contribution is 2.55. The van der Waals surface area contributed by atoms with Crippen LogP contribution in [0.5, 0.6) is 11.5 Å². The molecule has 3 heterocycles. The zero-order valence-corrected chi connectivity index (χ0v) is 29.4. The number of hydrogen-bond donors (Lipinski definition) is 2. The van der Waals surface area contributed by atoms with Crippen LogP contribution in [0.1, 0.15) is 63.1 Å². The molecule has 9 heteroatoms. The second kappa shape index (κ2) is 12.0. The molecular formula is C43H39FN2O6. The number of furan rings is 2. The summed E-state index contributed by atoms with van der Waals surface area (Å²) in [6, 6.07) is 21.7. The van der Waals surface area contributed by atoms with Crippen molar-refractivity contribution in [2.45, 2.75) is 45.4 Å². The van der Waals surface area contributed by atoms with Gasteiger partial charge in [-0.25, -0.2) is 4.39 Å². The number of ether oxygens (including phenoxy) is 2. The van der Waals surface area contributed by atoms with E-state index in [1.54, 1.807) is 26.2 Å². The van der Waals surface area contributed by atoms with Crippen molar-refractivity contribution >= 4 is 33.8 Å².